The van der Waals surface area contributed by atoms with Crippen LogP contribution >= 0.6 is 0 Å². The first-order chi connectivity index (χ1) is 14.0. The molecular weight excluding hydrogens is 376 g/mol. The summed E-state index contributed by atoms with van der Waals surface area (Å²) >= 11 is 0. The van der Waals surface area contributed by atoms with Gasteiger partial charge in [0.15, 0.2) is 6.61 Å². The maximum atomic E-state index is 12.3. The highest BCUT2D eigenvalue weighted by atomic mass is 16.5. The van der Waals surface area contributed by atoms with Crippen molar-refractivity contribution in [2.45, 2.75) is 19.4 Å². The maximum absolute atomic E-state index is 12.3. The summed E-state index contributed by atoms with van der Waals surface area (Å²) in [6.07, 6.45) is -0.0190. The van der Waals surface area contributed by atoms with Gasteiger partial charge in [0, 0.05) is 13.0 Å². The zero-order chi connectivity index (χ0) is 20.8. The molecule has 0 bridgehead atoms. The highest BCUT2D eigenvalue weighted by Crippen LogP contribution is 2.31. The summed E-state index contributed by atoms with van der Waals surface area (Å²) in [4.78, 5) is 47.5. The molecule has 150 valence electrons. The summed E-state index contributed by atoms with van der Waals surface area (Å²) in [5.74, 6) is -1.93. The first-order valence-corrected chi connectivity index (χ1v) is 9.11. The van der Waals surface area contributed by atoms with Crippen LogP contribution in [0.25, 0.3) is 0 Å². The van der Waals surface area contributed by atoms with Gasteiger partial charge in [0.25, 0.3) is 5.91 Å². The smallest absolute Gasteiger partial charge is 0.339 e. The monoisotopic (exact) mass is 396 g/mol. The highest BCUT2D eigenvalue weighted by molar-refractivity contribution is 5.98. The molecule has 1 aliphatic heterocycles. The van der Waals surface area contributed by atoms with Crippen molar-refractivity contribution < 1.29 is 28.7 Å². The fraction of sp³-hybridized carbons (Fsp3) is 0.238. The van der Waals surface area contributed by atoms with Gasteiger partial charge in [0.1, 0.15) is 6.10 Å². The fourth-order valence-electron chi connectivity index (χ4n) is 2.96. The van der Waals surface area contributed by atoms with Gasteiger partial charge in [-0.3, -0.25) is 10.1 Å². The van der Waals surface area contributed by atoms with Crippen LogP contribution in [0.2, 0.25) is 0 Å². The van der Waals surface area contributed by atoms with E-state index < -0.39 is 36.6 Å². The lowest BCUT2D eigenvalue weighted by molar-refractivity contribution is -0.123. The van der Waals surface area contributed by atoms with Crippen LogP contribution in [-0.2, 0) is 20.7 Å². The van der Waals surface area contributed by atoms with Crippen LogP contribution in [0.5, 0.6) is 0 Å². The van der Waals surface area contributed by atoms with Crippen LogP contribution in [0, 0.1) is 0 Å². The van der Waals surface area contributed by atoms with Crippen LogP contribution in [0.1, 0.15) is 44.9 Å². The number of ether oxygens (including phenoxy) is 2. The zero-order valence-corrected chi connectivity index (χ0v) is 15.8. The van der Waals surface area contributed by atoms with Crippen molar-refractivity contribution in [3.05, 3.63) is 70.8 Å². The van der Waals surface area contributed by atoms with E-state index in [4.69, 9.17) is 9.47 Å². The molecule has 2 aromatic rings. The number of nitrogens with one attached hydrogen (secondary N) is 2. The van der Waals surface area contributed by atoms with Gasteiger partial charge in [-0.2, -0.15) is 0 Å². The van der Waals surface area contributed by atoms with E-state index in [1.807, 2.05) is 35.6 Å². The Labute approximate surface area is 167 Å². The highest BCUT2D eigenvalue weighted by Gasteiger charge is 2.28. The number of fused-ring (bicyclic) bond motifs is 1. The second kappa shape index (κ2) is 9.01. The van der Waals surface area contributed by atoms with E-state index in [-0.39, 0.29) is 5.56 Å². The lowest BCUT2D eigenvalue weighted by Crippen LogP contribution is -2.41. The molecule has 0 aliphatic carbocycles. The number of urea groups is 1. The minimum atomic E-state index is -0.741. The molecule has 0 aromatic heterocycles. The molecule has 1 heterocycles. The molecule has 29 heavy (non-hydrogen) atoms. The maximum Gasteiger partial charge on any atom is 0.339 e. The molecule has 2 aromatic carbocycles. The first kappa shape index (κ1) is 20.1. The van der Waals surface area contributed by atoms with E-state index in [1.54, 1.807) is 13.0 Å². The molecule has 8 nitrogen and oxygen atoms in total. The Bertz CT molecular complexity index is 941. The van der Waals surface area contributed by atoms with E-state index in [0.717, 1.165) is 5.56 Å². The molecule has 0 radical (unpaired) electrons. The Morgan fingerprint density at radius 2 is 1.90 bits per heavy atom. The van der Waals surface area contributed by atoms with Gasteiger partial charge >= 0.3 is 18.0 Å². The molecule has 0 saturated carbocycles. The third-order valence-corrected chi connectivity index (χ3v) is 4.31. The summed E-state index contributed by atoms with van der Waals surface area (Å²) in [5, 5.41) is 4.44. The van der Waals surface area contributed by atoms with E-state index >= 15 is 0 Å². The lowest BCUT2D eigenvalue weighted by Gasteiger charge is -2.25. The quantitative estimate of drug-likeness (QED) is 0.749. The molecule has 3 amide bonds. The molecule has 8 heteroatoms. The third kappa shape index (κ3) is 4.98. The predicted octanol–water partition coefficient (Wildman–Crippen LogP) is 2.14. The normalized spacial score (nSPS) is 14.9. The Hall–Kier alpha value is -3.68. The summed E-state index contributed by atoms with van der Waals surface area (Å²) in [5.41, 5.74) is 2.12. The summed E-state index contributed by atoms with van der Waals surface area (Å²) < 4.78 is 10.4. The number of benzene rings is 2. The Morgan fingerprint density at radius 1 is 1.14 bits per heavy atom. The van der Waals surface area contributed by atoms with Gasteiger partial charge in [-0.15, -0.1) is 0 Å². The topological polar surface area (TPSA) is 111 Å². The number of esters is 2. The van der Waals surface area contributed by atoms with Crippen molar-refractivity contribution in [1.82, 2.24) is 10.6 Å². The fourth-order valence-corrected chi connectivity index (χ4v) is 2.96. The Morgan fingerprint density at radius 3 is 2.62 bits per heavy atom. The molecular formula is C21H20N2O6. The van der Waals surface area contributed by atoms with Gasteiger partial charge in [0.05, 0.1) is 11.1 Å². The average molecular weight is 396 g/mol. The second-order valence-electron chi connectivity index (χ2n) is 6.36. The number of imide groups is 1. The standard InChI is InChI=1S/C21H20N2O6/c1-2-22-21(27)23-18(24)12-28-19(25)14-8-9-16-15(10-14)11-17(29-20(16)26)13-6-4-3-5-7-13/h3-10,17H,2,11-12H2,1H3,(H2,22,23,24,27). The van der Waals surface area contributed by atoms with E-state index in [2.05, 4.69) is 5.32 Å². The van der Waals surface area contributed by atoms with E-state index in [1.165, 1.54) is 12.1 Å². The van der Waals surface area contributed by atoms with Crippen molar-refractivity contribution in [2.24, 2.45) is 0 Å². The van der Waals surface area contributed by atoms with Gasteiger partial charge < -0.3 is 14.8 Å². The number of carbonyl (C=O) groups excluding carboxylic acids is 4. The van der Waals surface area contributed by atoms with Crippen molar-refractivity contribution in [2.75, 3.05) is 13.2 Å². The lowest BCUT2D eigenvalue weighted by atomic mass is 9.93. The first-order valence-electron chi connectivity index (χ1n) is 9.11. The van der Waals surface area contributed by atoms with E-state index in [0.29, 0.717) is 24.1 Å². The number of cyclic esters (lactones) is 1. The van der Waals surface area contributed by atoms with Crippen molar-refractivity contribution in [3.63, 3.8) is 0 Å². The molecule has 2 N–H and O–H groups in total. The Balaban J connectivity index is 1.66. The average Bonchev–Trinajstić information content (AvgIpc) is 2.72. The van der Waals surface area contributed by atoms with Crippen LogP contribution in [0.15, 0.2) is 48.5 Å². The summed E-state index contributed by atoms with van der Waals surface area (Å²) in [6, 6.07) is 13.2. The Kier molecular flexibility index (Phi) is 6.23. The largest absolute Gasteiger partial charge is 0.454 e. The molecule has 0 saturated heterocycles. The van der Waals surface area contributed by atoms with Gasteiger partial charge in [-0.1, -0.05) is 30.3 Å². The van der Waals surface area contributed by atoms with Crippen molar-refractivity contribution in [1.29, 1.82) is 0 Å². The number of carbonyl (C=O) groups is 4. The van der Waals surface area contributed by atoms with Gasteiger partial charge in [0.2, 0.25) is 0 Å². The predicted molar refractivity (Wildman–Crippen MR) is 102 cm³/mol. The summed E-state index contributed by atoms with van der Waals surface area (Å²) in [7, 11) is 0. The van der Waals surface area contributed by atoms with Crippen molar-refractivity contribution in [3.8, 4) is 0 Å². The van der Waals surface area contributed by atoms with Crippen molar-refractivity contribution >= 4 is 23.9 Å². The van der Waals surface area contributed by atoms with Crippen LogP contribution in [0.3, 0.4) is 0 Å². The molecule has 3 rings (SSSR count). The molecule has 1 atom stereocenters. The number of rotatable bonds is 5. The zero-order valence-electron chi connectivity index (χ0n) is 15.8. The van der Waals surface area contributed by atoms with Crippen LogP contribution in [-0.4, -0.2) is 37.0 Å². The van der Waals surface area contributed by atoms with Gasteiger partial charge in [-0.05, 0) is 36.2 Å². The minimum absolute atomic E-state index is 0.205. The van der Waals surface area contributed by atoms with E-state index in [9.17, 15) is 19.2 Å². The minimum Gasteiger partial charge on any atom is -0.454 e. The van der Waals surface area contributed by atoms with Gasteiger partial charge in [-0.25, -0.2) is 14.4 Å². The molecule has 0 spiro atoms. The summed E-state index contributed by atoms with van der Waals surface area (Å²) in [6.45, 7) is 1.47. The number of hydrogen-bond donors (Lipinski definition) is 2. The number of amides is 3. The molecule has 0 fully saturated rings. The SMILES string of the molecule is CCNC(=O)NC(=O)COC(=O)c1ccc2c(c1)CC(c1ccccc1)OC2=O. The van der Waals surface area contributed by atoms with Crippen LogP contribution in [0.4, 0.5) is 4.79 Å². The number of hydrogen-bond acceptors (Lipinski definition) is 6. The van der Waals surface area contributed by atoms with Crippen LogP contribution < -0.4 is 10.6 Å². The molecule has 1 unspecified atom stereocenters. The molecule has 1 aliphatic rings. The third-order valence-electron chi connectivity index (χ3n) is 4.31. The second-order valence-corrected chi connectivity index (χ2v) is 6.36.